The quantitative estimate of drug-likeness (QED) is 0.594. The van der Waals surface area contributed by atoms with E-state index in [0.29, 0.717) is 12.2 Å². The monoisotopic (exact) mass is 473 g/mol. The number of hydrogen-bond acceptors (Lipinski definition) is 5. The van der Waals surface area contributed by atoms with Crippen LogP contribution in [0.25, 0.3) is 0 Å². The Bertz CT molecular complexity index is 1300. The van der Waals surface area contributed by atoms with E-state index in [1.807, 2.05) is 30.3 Å². The van der Waals surface area contributed by atoms with Crippen LogP contribution < -0.4 is 10.2 Å². The molecular weight excluding hydrogens is 456 g/mol. The van der Waals surface area contributed by atoms with Gasteiger partial charge in [-0.3, -0.25) is 4.79 Å². The number of nitrogens with zero attached hydrogens (tertiary/aromatic N) is 2. The van der Waals surface area contributed by atoms with E-state index in [4.69, 9.17) is 0 Å². The number of carbonyl (C=O) groups is 1. The van der Waals surface area contributed by atoms with Crippen LogP contribution in [0.2, 0.25) is 0 Å². The molecule has 0 unspecified atom stereocenters. The number of sulfonamides is 1. The summed E-state index contributed by atoms with van der Waals surface area (Å²) in [7, 11) is -3.95. The number of para-hydroxylation sites is 1. The molecule has 0 saturated carbocycles. The number of rotatable bonds is 5. The van der Waals surface area contributed by atoms with Crippen LogP contribution in [0, 0.1) is 11.6 Å². The van der Waals surface area contributed by atoms with E-state index in [9.17, 15) is 22.0 Å². The maximum atomic E-state index is 13.8. The predicted octanol–water partition coefficient (Wildman–Crippen LogP) is 4.40. The standard InChI is InChI=1S/C22H17F2N3O3S2/c23-16-10-11-17(24)18(12-16)25-21(28)14-31-22-26-32(29,30)20-9-5-4-8-19(20)27(22)13-15-6-2-1-3-7-15/h1-12H,13-14H2,(H,25,28). The zero-order valence-electron chi connectivity index (χ0n) is 16.5. The van der Waals surface area contributed by atoms with E-state index in [2.05, 4.69) is 9.71 Å². The first-order valence-corrected chi connectivity index (χ1v) is 11.9. The number of carbonyl (C=O) groups excluding carboxylic acids is 1. The van der Waals surface area contributed by atoms with Crippen molar-refractivity contribution >= 4 is 44.2 Å². The molecule has 0 aromatic heterocycles. The van der Waals surface area contributed by atoms with Crippen molar-refractivity contribution in [2.45, 2.75) is 11.4 Å². The van der Waals surface area contributed by atoms with E-state index < -0.39 is 27.6 Å². The molecule has 0 aliphatic carbocycles. The van der Waals surface area contributed by atoms with Crippen LogP contribution in [0.15, 0.2) is 82.1 Å². The predicted molar refractivity (Wildman–Crippen MR) is 121 cm³/mol. The molecule has 1 aliphatic rings. The number of thioether (sulfide) groups is 1. The second kappa shape index (κ2) is 9.09. The summed E-state index contributed by atoms with van der Waals surface area (Å²) in [5.41, 5.74) is 1.08. The highest BCUT2D eigenvalue weighted by molar-refractivity contribution is 8.15. The number of anilines is 2. The summed E-state index contributed by atoms with van der Waals surface area (Å²) in [4.78, 5) is 14.1. The average molecular weight is 474 g/mol. The highest BCUT2D eigenvalue weighted by atomic mass is 32.2. The van der Waals surface area contributed by atoms with Crippen LogP contribution in [0.4, 0.5) is 20.2 Å². The number of halogens is 2. The molecule has 1 amide bonds. The topological polar surface area (TPSA) is 78.8 Å². The van der Waals surface area contributed by atoms with Gasteiger partial charge < -0.3 is 10.2 Å². The van der Waals surface area contributed by atoms with Crippen molar-refractivity contribution in [3.05, 3.63) is 90.0 Å². The summed E-state index contributed by atoms with van der Waals surface area (Å²) in [5.74, 6) is -2.35. The summed E-state index contributed by atoms with van der Waals surface area (Å²) < 4.78 is 56.4. The van der Waals surface area contributed by atoms with Gasteiger partial charge >= 0.3 is 0 Å². The lowest BCUT2D eigenvalue weighted by molar-refractivity contribution is -0.113. The van der Waals surface area contributed by atoms with Crippen molar-refractivity contribution in [1.82, 2.24) is 0 Å². The van der Waals surface area contributed by atoms with Crippen LogP contribution in [0.1, 0.15) is 5.56 Å². The minimum absolute atomic E-state index is 0.0755. The first kappa shape index (κ1) is 22.0. The Morgan fingerprint density at radius 1 is 1.00 bits per heavy atom. The van der Waals surface area contributed by atoms with Crippen LogP contribution in [-0.2, 0) is 21.4 Å². The minimum atomic E-state index is -3.95. The second-order valence-corrected chi connectivity index (χ2v) is 9.36. The van der Waals surface area contributed by atoms with E-state index in [1.54, 1.807) is 23.1 Å². The summed E-state index contributed by atoms with van der Waals surface area (Å²) in [6.07, 6.45) is 0. The number of nitrogens with one attached hydrogen (secondary N) is 1. The summed E-state index contributed by atoms with van der Waals surface area (Å²) >= 11 is 0.897. The third-order valence-corrected chi connectivity index (χ3v) is 6.99. The Morgan fingerprint density at radius 2 is 1.72 bits per heavy atom. The van der Waals surface area contributed by atoms with Gasteiger partial charge in [0.15, 0.2) is 5.17 Å². The van der Waals surface area contributed by atoms with Gasteiger partial charge in [-0.25, -0.2) is 8.78 Å². The largest absolute Gasteiger partial charge is 0.323 e. The van der Waals surface area contributed by atoms with Gasteiger partial charge in [-0.15, -0.1) is 4.40 Å². The van der Waals surface area contributed by atoms with Crippen molar-refractivity contribution in [1.29, 1.82) is 0 Å². The van der Waals surface area contributed by atoms with Gasteiger partial charge in [-0.1, -0.05) is 54.2 Å². The molecule has 4 rings (SSSR count). The highest BCUT2D eigenvalue weighted by Crippen LogP contribution is 2.35. The second-order valence-electron chi connectivity index (χ2n) is 6.85. The van der Waals surface area contributed by atoms with Gasteiger partial charge in [0, 0.05) is 6.07 Å². The molecule has 0 radical (unpaired) electrons. The average Bonchev–Trinajstić information content (AvgIpc) is 2.78. The first-order valence-electron chi connectivity index (χ1n) is 9.47. The SMILES string of the molecule is O=C(CSC1=NS(=O)(=O)c2ccccc2N1Cc1ccccc1)Nc1cc(F)ccc1F. The van der Waals surface area contributed by atoms with Gasteiger partial charge in [0.25, 0.3) is 10.0 Å². The Labute approximate surface area is 188 Å². The van der Waals surface area contributed by atoms with E-state index in [-0.39, 0.29) is 21.5 Å². The molecule has 32 heavy (non-hydrogen) atoms. The van der Waals surface area contributed by atoms with Crippen molar-refractivity contribution < 1.29 is 22.0 Å². The number of benzene rings is 3. The van der Waals surface area contributed by atoms with E-state index in [0.717, 1.165) is 35.5 Å². The molecule has 164 valence electrons. The molecule has 0 saturated heterocycles. The van der Waals surface area contributed by atoms with Crippen LogP contribution >= 0.6 is 11.8 Å². The zero-order chi connectivity index (χ0) is 22.7. The maximum Gasteiger partial charge on any atom is 0.286 e. The number of amides is 1. The molecular formula is C22H17F2N3O3S2. The molecule has 10 heteroatoms. The molecule has 6 nitrogen and oxygen atoms in total. The number of fused-ring (bicyclic) bond motifs is 1. The smallest absolute Gasteiger partial charge is 0.286 e. The molecule has 1 aliphatic heterocycles. The van der Waals surface area contributed by atoms with Crippen LogP contribution in [0.5, 0.6) is 0 Å². The third kappa shape index (κ3) is 4.81. The zero-order valence-corrected chi connectivity index (χ0v) is 18.2. The Kier molecular flexibility index (Phi) is 6.24. The Balaban J connectivity index is 1.58. The molecule has 1 heterocycles. The lowest BCUT2D eigenvalue weighted by Crippen LogP contribution is -2.34. The van der Waals surface area contributed by atoms with Crippen LogP contribution in [-0.4, -0.2) is 25.2 Å². The van der Waals surface area contributed by atoms with Gasteiger partial charge in [-0.2, -0.15) is 8.42 Å². The Hall–Kier alpha value is -3.24. The molecule has 0 spiro atoms. The fourth-order valence-corrected chi connectivity index (χ4v) is 5.39. The fraction of sp³-hybridized carbons (Fsp3) is 0.0909. The first-order chi connectivity index (χ1) is 15.3. The maximum absolute atomic E-state index is 13.8. The van der Waals surface area contributed by atoms with Crippen molar-refractivity contribution in [3.8, 4) is 0 Å². The normalized spacial score (nSPS) is 14.4. The molecule has 3 aromatic carbocycles. The van der Waals surface area contributed by atoms with E-state index in [1.165, 1.54) is 6.07 Å². The molecule has 0 atom stereocenters. The lowest BCUT2D eigenvalue weighted by atomic mass is 10.2. The van der Waals surface area contributed by atoms with Crippen molar-refractivity contribution in [2.75, 3.05) is 16.0 Å². The van der Waals surface area contributed by atoms with Crippen molar-refractivity contribution in [3.63, 3.8) is 0 Å². The third-order valence-electron chi connectivity index (χ3n) is 4.58. The molecule has 3 aromatic rings. The fourth-order valence-electron chi connectivity index (χ4n) is 3.14. The molecule has 0 bridgehead atoms. The number of amidine groups is 1. The Morgan fingerprint density at radius 3 is 2.50 bits per heavy atom. The van der Waals surface area contributed by atoms with Gasteiger partial charge in [0.2, 0.25) is 5.91 Å². The molecule has 0 fully saturated rings. The van der Waals surface area contributed by atoms with Gasteiger partial charge in [0.05, 0.1) is 23.7 Å². The van der Waals surface area contributed by atoms with Crippen molar-refractivity contribution in [2.24, 2.45) is 4.40 Å². The van der Waals surface area contributed by atoms with E-state index >= 15 is 0 Å². The number of hydrogen-bond donors (Lipinski definition) is 1. The summed E-state index contributed by atoms with van der Waals surface area (Å²) in [5, 5.41) is 2.41. The lowest BCUT2D eigenvalue weighted by Gasteiger charge is -2.30. The highest BCUT2D eigenvalue weighted by Gasteiger charge is 2.31. The summed E-state index contributed by atoms with van der Waals surface area (Å²) in [6.45, 7) is 0.333. The summed E-state index contributed by atoms with van der Waals surface area (Å²) in [6, 6.07) is 18.6. The minimum Gasteiger partial charge on any atom is -0.323 e. The molecule has 1 N–H and O–H groups in total. The van der Waals surface area contributed by atoms with Crippen LogP contribution in [0.3, 0.4) is 0 Å². The van der Waals surface area contributed by atoms with Gasteiger partial charge in [0.1, 0.15) is 16.5 Å². The van der Waals surface area contributed by atoms with Gasteiger partial charge in [-0.05, 0) is 29.8 Å².